The number of hydrogen-bond acceptors (Lipinski definition) is 5. The van der Waals surface area contributed by atoms with Crippen molar-refractivity contribution in [1.82, 2.24) is 0 Å². The fourth-order valence-electron chi connectivity index (χ4n) is 1.78. The Balaban J connectivity index is 2.55. The summed E-state index contributed by atoms with van der Waals surface area (Å²) in [5.41, 5.74) is 1.44. The Morgan fingerprint density at radius 2 is 1.88 bits per heavy atom. The predicted octanol–water partition coefficient (Wildman–Crippen LogP) is 1.27. The summed E-state index contributed by atoms with van der Waals surface area (Å²) in [4.78, 5) is 11.7. The van der Waals surface area contributed by atoms with E-state index in [1.54, 1.807) is 12.1 Å². The Morgan fingerprint density at radius 1 is 1.25 bits per heavy atom. The first-order chi connectivity index (χ1) is 7.71. The molecule has 0 atom stereocenters. The van der Waals surface area contributed by atoms with Gasteiger partial charge in [0.25, 0.3) is 0 Å². The monoisotopic (exact) mass is 221 g/mol. The van der Waals surface area contributed by atoms with E-state index in [9.17, 15) is 4.79 Å². The van der Waals surface area contributed by atoms with Crippen LogP contribution < -0.4 is 9.47 Å². The molecule has 5 nitrogen and oxygen atoms in total. The molecule has 0 unspecified atom stereocenters. The van der Waals surface area contributed by atoms with Crippen molar-refractivity contribution in [3.8, 4) is 11.5 Å². The van der Waals surface area contributed by atoms with Gasteiger partial charge in [-0.15, -0.1) is 0 Å². The molecule has 0 spiro atoms. The SMILES string of the molecule is COc1cc2c(cc1OC)C(=O)/C(=N/O)C2. The van der Waals surface area contributed by atoms with Crippen molar-refractivity contribution in [3.05, 3.63) is 23.3 Å². The van der Waals surface area contributed by atoms with Crippen molar-refractivity contribution in [2.45, 2.75) is 6.42 Å². The summed E-state index contributed by atoms with van der Waals surface area (Å²) in [6.07, 6.45) is 0.324. The highest BCUT2D eigenvalue weighted by Crippen LogP contribution is 2.33. The van der Waals surface area contributed by atoms with Gasteiger partial charge in [0, 0.05) is 12.0 Å². The molecule has 84 valence electrons. The molecule has 0 saturated carbocycles. The Hall–Kier alpha value is -2.04. The molecule has 0 amide bonds. The second kappa shape index (κ2) is 3.84. The fraction of sp³-hybridized carbons (Fsp3) is 0.273. The summed E-state index contributed by atoms with van der Waals surface area (Å²) in [6, 6.07) is 3.33. The van der Waals surface area contributed by atoms with Crippen LogP contribution >= 0.6 is 0 Å². The van der Waals surface area contributed by atoms with E-state index < -0.39 is 0 Å². The molecule has 0 saturated heterocycles. The average molecular weight is 221 g/mol. The minimum atomic E-state index is -0.265. The standard InChI is InChI=1S/C11H11NO4/c1-15-9-4-6-3-8(12-14)11(13)7(6)5-10(9)16-2/h4-5,14H,3H2,1-2H3/b12-8+. The molecule has 1 aliphatic carbocycles. The molecule has 0 radical (unpaired) electrons. The van der Waals surface area contributed by atoms with E-state index in [0.29, 0.717) is 23.5 Å². The first-order valence-electron chi connectivity index (χ1n) is 4.71. The number of hydrogen-bond donors (Lipinski definition) is 1. The number of carbonyl (C=O) groups is 1. The number of ketones is 1. The zero-order valence-corrected chi connectivity index (χ0v) is 8.98. The van der Waals surface area contributed by atoms with Gasteiger partial charge in [-0.3, -0.25) is 4.79 Å². The highest BCUT2D eigenvalue weighted by Gasteiger charge is 2.28. The summed E-state index contributed by atoms with van der Waals surface area (Å²) in [5, 5.41) is 11.6. The van der Waals surface area contributed by atoms with Gasteiger partial charge in [0.15, 0.2) is 11.5 Å². The van der Waals surface area contributed by atoms with Crippen LogP contribution in [0.2, 0.25) is 0 Å². The van der Waals surface area contributed by atoms with Crippen LogP contribution in [0.1, 0.15) is 15.9 Å². The largest absolute Gasteiger partial charge is 0.493 e. The van der Waals surface area contributed by atoms with Crippen molar-refractivity contribution in [1.29, 1.82) is 0 Å². The van der Waals surface area contributed by atoms with Crippen LogP contribution in [0.25, 0.3) is 0 Å². The lowest BCUT2D eigenvalue weighted by molar-refractivity contribution is 0.106. The number of Topliss-reactive ketones (excluding diaryl/α,β-unsaturated/α-hetero) is 1. The summed E-state index contributed by atoms with van der Waals surface area (Å²) in [6.45, 7) is 0. The van der Waals surface area contributed by atoms with E-state index in [4.69, 9.17) is 14.7 Å². The van der Waals surface area contributed by atoms with Gasteiger partial charge >= 0.3 is 0 Å². The second-order valence-electron chi connectivity index (χ2n) is 3.42. The number of methoxy groups -OCH3 is 2. The van der Waals surface area contributed by atoms with Gasteiger partial charge in [0.05, 0.1) is 14.2 Å². The smallest absolute Gasteiger partial charge is 0.211 e. The highest BCUT2D eigenvalue weighted by atomic mass is 16.5. The molecule has 1 N–H and O–H groups in total. The molecule has 0 aliphatic heterocycles. The van der Waals surface area contributed by atoms with E-state index in [1.165, 1.54) is 14.2 Å². The second-order valence-corrected chi connectivity index (χ2v) is 3.42. The molecule has 5 heteroatoms. The van der Waals surface area contributed by atoms with Gasteiger partial charge in [-0.2, -0.15) is 0 Å². The maximum Gasteiger partial charge on any atom is 0.211 e. The first kappa shape index (κ1) is 10.5. The minimum Gasteiger partial charge on any atom is -0.493 e. The molecule has 0 fully saturated rings. The normalized spacial score (nSPS) is 16.4. The molecule has 0 heterocycles. The molecule has 0 bridgehead atoms. The van der Waals surface area contributed by atoms with Gasteiger partial charge in [0.2, 0.25) is 5.78 Å². The third-order valence-electron chi connectivity index (χ3n) is 2.59. The number of oxime groups is 1. The zero-order valence-electron chi connectivity index (χ0n) is 8.98. The van der Waals surface area contributed by atoms with E-state index in [-0.39, 0.29) is 11.5 Å². The lowest BCUT2D eigenvalue weighted by atomic mass is 10.1. The summed E-state index contributed by atoms with van der Waals surface area (Å²) < 4.78 is 10.2. The van der Waals surface area contributed by atoms with Crippen LogP contribution in [-0.2, 0) is 6.42 Å². The van der Waals surface area contributed by atoms with Crippen LogP contribution in [0.15, 0.2) is 17.3 Å². The summed E-state index contributed by atoms with van der Waals surface area (Å²) in [5.74, 6) is 0.792. The van der Waals surface area contributed by atoms with E-state index in [2.05, 4.69) is 5.16 Å². The van der Waals surface area contributed by atoms with Gasteiger partial charge in [0.1, 0.15) is 5.71 Å². The Labute approximate surface area is 92.3 Å². The first-order valence-corrected chi connectivity index (χ1v) is 4.71. The fourth-order valence-corrected chi connectivity index (χ4v) is 1.78. The number of fused-ring (bicyclic) bond motifs is 1. The average Bonchev–Trinajstić information content (AvgIpc) is 2.63. The Morgan fingerprint density at radius 3 is 2.44 bits per heavy atom. The molecule has 0 aromatic heterocycles. The van der Waals surface area contributed by atoms with Crippen molar-refractivity contribution in [2.24, 2.45) is 5.16 Å². The number of nitrogens with zero attached hydrogens (tertiary/aromatic N) is 1. The van der Waals surface area contributed by atoms with E-state index >= 15 is 0 Å². The predicted molar refractivity (Wildman–Crippen MR) is 56.8 cm³/mol. The number of benzene rings is 1. The highest BCUT2D eigenvalue weighted by molar-refractivity contribution is 6.49. The third kappa shape index (κ3) is 1.41. The maximum absolute atomic E-state index is 11.7. The van der Waals surface area contributed by atoms with Crippen molar-refractivity contribution >= 4 is 11.5 Å². The number of ether oxygens (including phenoxy) is 2. The maximum atomic E-state index is 11.7. The van der Waals surface area contributed by atoms with E-state index in [0.717, 1.165) is 5.56 Å². The molecule has 1 aromatic rings. The van der Waals surface area contributed by atoms with Crippen LogP contribution in [-0.4, -0.2) is 30.9 Å². The third-order valence-corrected chi connectivity index (χ3v) is 2.59. The van der Waals surface area contributed by atoms with Crippen molar-refractivity contribution < 1.29 is 19.5 Å². The van der Waals surface area contributed by atoms with Crippen molar-refractivity contribution in [3.63, 3.8) is 0 Å². The number of carbonyl (C=O) groups excluding carboxylic acids is 1. The molecule has 16 heavy (non-hydrogen) atoms. The minimum absolute atomic E-state index is 0.144. The van der Waals surface area contributed by atoms with Crippen molar-refractivity contribution in [2.75, 3.05) is 14.2 Å². The Kier molecular flexibility index (Phi) is 2.52. The lowest BCUT2D eigenvalue weighted by Crippen LogP contribution is -2.07. The molecule has 2 rings (SSSR count). The van der Waals surface area contributed by atoms with Gasteiger partial charge < -0.3 is 14.7 Å². The van der Waals surface area contributed by atoms with Gasteiger partial charge in [-0.1, -0.05) is 5.16 Å². The summed E-state index contributed by atoms with van der Waals surface area (Å²) in [7, 11) is 3.03. The molecule has 1 aliphatic rings. The lowest BCUT2D eigenvalue weighted by Gasteiger charge is -2.08. The van der Waals surface area contributed by atoms with Gasteiger partial charge in [-0.05, 0) is 17.7 Å². The number of rotatable bonds is 2. The topological polar surface area (TPSA) is 68.1 Å². The van der Waals surface area contributed by atoms with Gasteiger partial charge in [-0.25, -0.2) is 0 Å². The zero-order chi connectivity index (χ0) is 11.7. The van der Waals surface area contributed by atoms with Crippen LogP contribution in [0.3, 0.4) is 0 Å². The Bertz CT molecular complexity index is 479. The molecular formula is C11H11NO4. The van der Waals surface area contributed by atoms with Crippen LogP contribution in [0.5, 0.6) is 11.5 Å². The molecular weight excluding hydrogens is 210 g/mol. The van der Waals surface area contributed by atoms with Crippen LogP contribution in [0.4, 0.5) is 0 Å². The van der Waals surface area contributed by atoms with Crippen LogP contribution in [0, 0.1) is 0 Å². The summed E-state index contributed by atoms with van der Waals surface area (Å²) >= 11 is 0. The van der Waals surface area contributed by atoms with E-state index in [1.807, 2.05) is 0 Å². The quantitative estimate of drug-likeness (QED) is 0.603. The molecule has 1 aromatic carbocycles.